The van der Waals surface area contributed by atoms with Crippen molar-refractivity contribution < 1.29 is 22.7 Å². The summed E-state index contributed by atoms with van der Waals surface area (Å²) in [6.45, 7) is 0.876. The van der Waals surface area contributed by atoms with Gasteiger partial charge in [-0.2, -0.15) is 13.2 Å². The highest BCUT2D eigenvalue weighted by Crippen LogP contribution is 2.31. The first-order valence-corrected chi connectivity index (χ1v) is 9.06. The van der Waals surface area contributed by atoms with E-state index in [9.17, 15) is 18.0 Å². The number of benzene rings is 1. The Hall–Kier alpha value is -2.20. The molecule has 1 saturated carbocycles. The largest absolute Gasteiger partial charge is 0.416 e. The second-order valence-corrected chi connectivity index (χ2v) is 6.68. The zero-order chi connectivity index (χ0) is 19.9. The van der Waals surface area contributed by atoms with Crippen molar-refractivity contribution in [3.05, 3.63) is 29.8 Å². The summed E-state index contributed by atoms with van der Waals surface area (Å²) in [5.74, 6) is 6.92. The number of alkyl halides is 3. The summed E-state index contributed by atoms with van der Waals surface area (Å²) in [6.07, 6.45) is -0.611. The number of nitrogens with one attached hydrogen (secondary N) is 1. The van der Waals surface area contributed by atoms with Crippen molar-refractivity contribution in [2.45, 2.75) is 44.3 Å². The maximum Gasteiger partial charge on any atom is 0.416 e. The second-order valence-electron chi connectivity index (χ2n) is 6.68. The summed E-state index contributed by atoms with van der Waals surface area (Å²) in [5.41, 5.74) is -0.773. The molecule has 1 aromatic carbocycles. The van der Waals surface area contributed by atoms with E-state index >= 15 is 0 Å². The van der Waals surface area contributed by atoms with Gasteiger partial charge in [0.1, 0.15) is 5.75 Å². The van der Waals surface area contributed by atoms with Crippen molar-refractivity contribution in [2.24, 2.45) is 5.92 Å². The number of carbonyl (C=O) groups is 1. The smallest absolute Gasteiger partial charge is 0.410 e. The van der Waals surface area contributed by atoms with Crippen LogP contribution in [0.3, 0.4) is 0 Å². The number of hydrogen-bond donors (Lipinski definition) is 1. The molecule has 148 valence electrons. The van der Waals surface area contributed by atoms with Crippen molar-refractivity contribution in [1.82, 2.24) is 10.2 Å². The zero-order valence-electron chi connectivity index (χ0n) is 15.6. The van der Waals surface area contributed by atoms with Crippen molar-refractivity contribution in [2.75, 3.05) is 20.6 Å². The van der Waals surface area contributed by atoms with Gasteiger partial charge in [-0.25, -0.2) is 4.79 Å². The van der Waals surface area contributed by atoms with Gasteiger partial charge in [-0.15, -0.1) is 5.92 Å². The predicted molar refractivity (Wildman–Crippen MR) is 97.3 cm³/mol. The molecule has 1 aliphatic carbocycles. The molecule has 0 bridgehead atoms. The van der Waals surface area contributed by atoms with Crippen LogP contribution in [0, 0.1) is 17.8 Å². The minimum Gasteiger partial charge on any atom is -0.410 e. The molecule has 1 fully saturated rings. The molecule has 7 heteroatoms. The highest BCUT2D eigenvalue weighted by molar-refractivity contribution is 5.70. The van der Waals surface area contributed by atoms with Gasteiger partial charge in [0.2, 0.25) is 0 Å². The van der Waals surface area contributed by atoms with Crippen molar-refractivity contribution in [3.63, 3.8) is 0 Å². The van der Waals surface area contributed by atoms with Crippen LogP contribution in [0.15, 0.2) is 24.3 Å². The van der Waals surface area contributed by atoms with Crippen LogP contribution in [0.5, 0.6) is 5.75 Å². The van der Waals surface area contributed by atoms with Gasteiger partial charge >= 0.3 is 12.3 Å². The van der Waals surface area contributed by atoms with E-state index in [1.807, 2.05) is 7.05 Å². The fraction of sp³-hybridized carbons (Fsp3) is 0.550. The van der Waals surface area contributed by atoms with E-state index in [1.165, 1.54) is 4.90 Å². The van der Waals surface area contributed by atoms with Crippen molar-refractivity contribution >= 4 is 6.09 Å². The summed E-state index contributed by atoms with van der Waals surface area (Å²) < 4.78 is 42.9. The van der Waals surface area contributed by atoms with E-state index in [4.69, 9.17) is 4.74 Å². The van der Waals surface area contributed by atoms with Gasteiger partial charge in [-0.3, -0.25) is 0 Å². The van der Waals surface area contributed by atoms with Crippen LogP contribution in [0.2, 0.25) is 0 Å². The lowest BCUT2D eigenvalue weighted by Gasteiger charge is -2.32. The van der Waals surface area contributed by atoms with Crippen LogP contribution in [0.1, 0.15) is 37.7 Å². The predicted octanol–water partition coefficient (Wildman–Crippen LogP) is 4.31. The molecule has 0 spiro atoms. The van der Waals surface area contributed by atoms with Gasteiger partial charge in [0, 0.05) is 32.0 Å². The first-order chi connectivity index (χ1) is 12.8. The molecule has 1 N–H and O–H groups in total. The molecular formula is C20H25F3N2O2. The molecule has 1 aliphatic rings. The maximum atomic E-state index is 12.6. The average Bonchev–Trinajstić information content (AvgIpc) is 2.65. The number of hydrogen-bond acceptors (Lipinski definition) is 3. The molecule has 0 unspecified atom stereocenters. The molecule has 0 aromatic heterocycles. The van der Waals surface area contributed by atoms with Gasteiger partial charge in [-0.05, 0) is 57.0 Å². The van der Waals surface area contributed by atoms with E-state index in [0.717, 1.165) is 62.9 Å². The Labute approximate surface area is 158 Å². The Kier molecular flexibility index (Phi) is 7.55. The molecule has 2 rings (SSSR count). The summed E-state index contributed by atoms with van der Waals surface area (Å²) in [7, 11) is 3.56. The number of carbonyl (C=O) groups excluding carboxylic acids is 1. The second kappa shape index (κ2) is 9.65. The number of rotatable bonds is 4. The molecule has 4 nitrogen and oxygen atoms in total. The SMILES string of the molecule is CNCCC#C[C@H]1CC[C@H](N(C)C(=O)Oc2ccc(C(F)(F)F)cc2)CC1. The van der Waals surface area contributed by atoms with Gasteiger partial charge in [-0.1, -0.05) is 5.92 Å². The molecule has 0 radical (unpaired) electrons. The topological polar surface area (TPSA) is 41.6 Å². The average molecular weight is 382 g/mol. The van der Waals surface area contributed by atoms with E-state index in [1.54, 1.807) is 7.05 Å². The standard InChI is InChI=1S/C20H25F3N2O2/c1-24-14-4-3-5-15-6-10-17(11-7-15)25(2)19(26)27-18-12-8-16(9-13-18)20(21,22)23/h8-9,12-13,15,17,24H,4,6-7,10-11,14H2,1-2H3/t15-,17-. The van der Waals surface area contributed by atoms with Crippen molar-refractivity contribution in [1.29, 1.82) is 0 Å². The lowest BCUT2D eigenvalue weighted by molar-refractivity contribution is -0.137. The normalized spacial score (nSPS) is 19.7. The van der Waals surface area contributed by atoms with E-state index in [0.29, 0.717) is 5.92 Å². The van der Waals surface area contributed by atoms with Crippen molar-refractivity contribution in [3.8, 4) is 17.6 Å². The Morgan fingerprint density at radius 2 is 1.85 bits per heavy atom. The monoisotopic (exact) mass is 382 g/mol. The molecular weight excluding hydrogens is 357 g/mol. The number of halogens is 3. The van der Waals surface area contributed by atoms with E-state index in [-0.39, 0.29) is 11.8 Å². The van der Waals surface area contributed by atoms with Crippen LogP contribution in [-0.2, 0) is 6.18 Å². The van der Waals surface area contributed by atoms with Gasteiger partial charge in [0.15, 0.2) is 0 Å². The van der Waals surface area contributed by atoms with Crippen LogP contribution in [-0.4, -0.2) is 37.7 Å². The quantitative estimate of drug-likeness (QED) is 0.623. The Morgan fingerprint density at radius 1 is 1.22 bits per heavy atom. The first kappa shape index (κ1) is 21.1. The summed E-state index contributed by atoms with van der Waals surface area (Å²) in [4.78, 5) is 13.8. The van der Waals surface area contributed by atoms with E-state index in [2.05, 4.69) is 17.2 Å². The molecule has 1 amide bonds. The summed E-state index contributed by atoms with van der Waals surface area (Å²) in [5, 5.41) is 3.05. The lowest BCUT2D eigenvalue weighted by atomic mass is 9.86. The Balaban J connectivity index is 1.82. The van der Waals surface area contributed by atoms with Crippen LogP contribution in [0.4, 0.5) is 18.0 Å². The number of nitrogens with zero attached hydrogens (tertiary/aromatic N) is 1. The van der Waals surface area contributed by atoms with Crippen LogP contribution >= 0.6 is 0 Å². The van der Waals surface area contributed by atoms with Gasteiger partial charge < -0.3 is 15.0 Å². The highest BCUT2D eigenvalue weighted by atomic mass is 19.4. The lowest BCUT2D eigenvalue weighted by Crippen LogP contribution is -2.40. The third kappa shape index (κ3) is 6.47. The molecule has 1 aromatic rings. The molecule has 27 heavy (non-hydrogen) atoms. The minimum atomic E-state index is -4.41. The first-order valence-electron chi connectivity index (χ1n) is 9.06. The zero-order valence-corrected chi connectivity index (χ0v) is 15.6. The molecule has 0 aliphatic heterocycles. The Morgan fingerprint density at radius 3 is 2.41 bits per heavy atom. The third-order valence-electron chi connectivity index (χ3n) is 4.73. The van der Waals surface area contributed by atoms with E-state index < -0.39 is 17.8 Å². The molecule has 0 atom stereocenters. The third-order valence-corrected chi connectivity index (χ3v) is 4.73. The van der Waals surface area contributed by atoms with Gasteiger partial charge in [0.25, 0.3) is 0 Å². The highest BCUT2D eigenvalue weighted by Gasteiger charge is 2.30. The summed E-state index contributed by atoms with van der Waals surface area (Å²) >= 11 is 0. The maximum absolute atomic E-state index is 12.6. The van der Waals surface area contributed by atoms with Crippen LogP contribution < -0.4 is 10.1 Å². The van der Waals surface area contributed by atoms with Crippen LogP contribution in [0.25, 0.3) is 0 Å². The summed E-state index contributed by atoms with van der Waals surface area (Å²) in [6, 6.07) is 4.18. The Bertz CT molecular complexity index is 669. The molecule has 0 heterocycles. The number of ether oxygens (including phenoxy) is 1. The fourth-order valence-electron chi connectivity index (χ4n) is 3.05. The molecule has 0 saturated heterocycles. The fourth-order valence-corrected chi connectivity index (χ4v) is 3.05. The van der Waals surface area contributed by atoms with Gasteiger partial charge in [0.05, 0.1) is 5.56 Å². The minimum absolute atomic E-state index is 0.0577. The number of amides is 1.